The van der Waals surface area contributed by atoms with Gasteiger partial charge in [-0.1, -0.05) is 19.3 Å². The summed E-state index contributed by atoms with van der Waals surface area (Å²) in [5.74, 6) is 1.69. The Bertz CT molecular complexity index is 1130. The van der Waals surface area contributed by atoms with Gasteiger partial charge in [-0.05, 0) is 51.0 Å². The molecular weight excluding hydrogens is 418 g/mol. The highest BCUT2D eigenvalue weighted by atomic mass is 16.5. The molecule has 0 bridgehead atoms. The molecule has 2 heterocycles. The van der Waals surface area contributed by atoms with E-state index in [-0.39, 0.29) is 11.8 Å². The van der Waals surface area contributed by atoms with Gasteiger partial charge in [0.2, 0.25) is 5.91 Å². The zero-order chi connectivity index (χ0) is 23.4. The number of imidazole rings is 1. The Morgan fingerprint density at radius 1 is 1.06 bits per heavy atom. The number of fused-ring (bicyclic) bond motifs is 1. The number of benzene rings is 1. The minimum absolute atomic E-state index is 0.174. The highest BCUT2D eigenvalue weighted by Crippen LogP contribution is 2.34. The second-order valence-corrected chi connectivity index (χ2v) is 8.60. The summed E-state index contributed by atoms with van der Waals surface area (Å²) in [6.07, 6.45) is 5.58. The number of hydrogen-bond donors (Lipinski definition) is 2. The Labute approximate surface area is 194 Å². The van der Waals surface area contributed by atoms with Gasteiger partial charge in [0.25, 0.3) is 0 Å². The van der Waals surface area contributed by atoms with Gasteiger partial charge in [-0.15, -0.1) is 0 Å². The van der Waals surface area contributed by atoms with Gasteiger partial charge in [0, 0.05) is 24.6 Å². The maximum absolute atomic E-state index is 12.4. The second-order valence-electron chi connectivity index (χ2n) is 8.60. The number of nitrogens with zero attached hydrogens (tertiary/aromatic N) is 3. The van der Waals surface area contributed by atoms with Crippen LogP contribution in [0.25, 0.3) is 16.9 Å². The SMILES string of the molecule is COc1ccc(-c2c(C)nc3c(NCCNC(=O)C4CCCCC4)cc(C)nn23)cc1OC. The monoisotopic (exact) mass is 451 g/mol. The van der Waals surface area contributed by atoms with Gasteiger partial charge in [0.15, 0.2) is 17.1 Å². The van der Waals surface area contributed by atoms with Crippen molar-refractivity contribution in [1.82, 2.24) is 19.9 Å². The van der Waals surface area contributed by atoms with E-state index in [0.717, 1.165) is 59.7 Å². The molecule has 2 N–H and O–H groups in total. The second kappa shape index (κ2) is 10.1. The Kier molecular flexibility index (Phi) is 7.01. The first-order valence-electron chi connectivity index (χ1n) is 11.6. The summed E-state index contributed by atoms with van der Waals surface area (Å²) < 4.78 is 12.7. The average molecular weight is 452 g/mol. The van der Waals surface area contributed by atoms with E-state index < -0.39 is 0 Å². The third-order valence-electron chi connectivity index (χ3n) is 6.25. The van der Waals surface area contributed by atoms with E-state index in [1.54, 1.807) is 14.2 Å². The van der Waals surface area contributed by atoms with E-state index >= 15 is 0 Å². The number of anilines is 1. The number of hydrogen-bond acceptors (Lipinski definition) is 6. The highest BCUT2D eigenvalue weighted by Gasteiger charge is 2.21. The third-order valence-corrected chi connectivity index (χ3v) is 6.25. The molecule has 1 saturated carbocycles. The number of amides is 1. The molecule has 8 nitrogen and oxygen atoms in total. The smallest absolute Gasteiger partial charge is 0.223 e. The summed E-state index contributed by atoms with van der Waals surface area (Å²) in [6.45, 7) is 5.13. The molecule has 8 heteroatoms. The Morgan fingerprint density at radius 2 is 1.82 bits per heavy atom. The fourth-order valence-corrected chi connectivity index (χ4v) is 4.59. The molecule has 0 aliphatic heterocycles. The fourth-order valence-electron chi connectivity index (χ4n) is 4.59. The van der Waals surface area contributed by atoms with Gasteiger partial charge in [-0.25, -0.2) is 9.50 Å². The van der Waals surface area contributed by atoms with Crippen molar-refractivity contribution in [3.05, 3.63) is 35.7 Å². The quantitative estimate of drug-likeness (QED) is 0.501. The molecule has 0 spiro atoms. The van der Waals surface area contributed by atoms with Crippen LogP contribution in [0.2, 0.25) is 0 Å². The zero-order valence-electron chi connectivity index (χ0n) is 19.9. The molecule has 3 aromatic rings. The van der Waals surface area contributed by atoms with Crippen LogP contribution in [0, 0.1) is 19.8 Å². The lowest BCUT2D eigenvalue weighted by atomic mass is 9.89. The maximum atomic E-state index is 12.4. The molecule has 1 amide bonds. The molecule has 1 aliphatic carbocycles. The predicted octanol–water partition coefficient (Wildman–Crippen LogP) is 4.14. The summed E-state index contributed by atoms with van der Waals surface area (Å²) in [4.78, 5) is 17.2. The van der Waals surface area contributed by atoms with Crippen LogP contribution in [-0.2, 0) is 4.79 Å². The summed E-state index contributed by atoms with van der Waals surface area (Å²) in [5.41, 5.74) is 5.24. The van der Waals surface area contributed by atoms with Crippen LogP contribution in [0.15, 0.2) is 24.3 Å². The van der Waals surface area contributed by atoms with Crippen molar-refractivity contribution in [2.45, 2.75) is 46.0 Å². The van der Waals surface area contributed by atoms with Crippen LogP contribution in [0.5, 0.6) is 11.5 Å². The standard InChI is InChI=1S/C25H33N5O3/c1-16-14-20(26-12-13-27-25(31)18-8-6-5-7-9-18)24-28-17(2)23(30(24)29-16)19-10-11-21(32-3)22(15-19)33-4/h10-11,14-15,18,26H,5-9,12-13H2,1-4H3,(H,27,31). The topological polar surface area (TPSA) is 89.8 Å². The van der Waals surface area contributed by atoms with E-state index in [4.69, 9.17) is 19.6 Å². The molecule has 0 atom stereocenters. The summed E-state index contributed by atoms with van der Waals surface area (Å²) in [5, 5.41) is 11.2. The summed E-state index contributed by atoms with van der Waals surface area (Å²) in [6, 6.07) is 7.79. The molecule has 0 radical (unpaired) electrons. The molecule has 176 valence electrons. The van der Waals surface area contributed by atoms with E-state index in [9.17, 15) is 4.79 Å². The normalized spacial score (nSPS) is 14.3. The number of ether oxygens (including phenoxy) is 2. The predicted molar refractivity (Wildman–Crippen MR) is 129 cm³/mol. The number of carbonyl (C=O) groups is 1. The number of aryl methyl sites for hydroxylation is 2. The zero-order valence-corrected chi connectivity index (χ0v) is 19.9. The number of rotatable bonds is 8. The van der Waals surface area contributed by atoms with E-state index in [1.807, 2.05) is 42.6 Å². The molecule has 1 aromatic carbocycles. The van der Waals surface area contributed by atoms with E-state index in [0.29, 0.717) is 24.6 Å². The number of nitrogens with one attached hydrogen (secondary N) is 2. The first-order valence-corrected chi connectivity index (χ1v) is 11.6. The van der Waals surface area contributed by atoms with Gasteiger partial charge in [-0.2, -0.15) is 5.10 Å². The lowest BCUT2D eigenvalue weighted by Gasteiger charge is -2.20. The summed E-state index contributed by atoms with van der Waals surface area (Å²) >= 11 is 0. The minimum atomic E-state index is 0.174. The lowest BCUT2D eigenvalue weighted by Crippen LogP contribution is -2.35. The van der Waals surface area contributed by atoms with Crippen LogP contribution in [-0.4, -0.2) is 47.8 Å². The van der Waals surface area contributed by atoms with Crippen LogP contribution in [0.1, 0.15) is 43.5 Å². The molecule has 0 saturated heterocycles. The molecule has 4 rings (SSSR count). The summed E-state index contributed by atoms with van der Waals surface area (Å²) in [7, 11) is 3.25. The Hall–Kier alpha value is -3.29. The fraction of sp³-hybridized carbons (Fsp3) is 0.480. The molecule has 0 unspecified atom stereocenters. The molecule has 1 fully saturated rings. The van der Waals surface area contributed by atoms with Gasteiger partial charge >= 0.3 is 0 Å². The average Bonchev–Trinajstić information content (AvgIpc) is 3.17. The van der Waals surface area contributed by atoms with Gasteiger partial charge in [-0.3, -0.25) is 4.79 Å². The third kappa shape index (κ3) is 4.89. The van der Waals surface area contributed by atoms with Crippen molar-refractivity contribution >= 4 is 17.2 Å². The van der Waals surface area contributed by atoms with E-state index in [1.165, 1.54) is 6.42 Å². The largest absolute Gasteiger partial charge is 0.493 e. The Morgan fingerprint density at radius 3 is 2.55 bits per heavy atom. The maximum Gasteiger partial charge on any atom is 0.223 e. The molecular formula is C25H33N5O3. The number of methoxy groups -OCH3 is 2. The van der Waals surface area contributed by atoms with Crippen molar-refractivity contribution in [3.8, 4) is 22.8 Å². The molecule has 1 aliphatic rings. The van der Waals surface area contributed by atoms with Crippen molar-refractivity contribution in [1.29, 1.82) is 0 Å². The van der Waals surface area contributed by atoms with Crippen LogP contribution >= 0.6 is 0 Å². The van der Waals surface area contributed by atoms with Crippen molar-refractivity contribution < 1.29 is 14.3 Å². The highest BCUT2D eigenvalue weighted by molar-refractivity contribution is 5.79. The van der Waals surface area contributed by atoms with Crippen molar-refractivity contribution in [3.63, 3.8) is 0 Å². The number of aromatic nitrogens is 3. The van der Waals surface area contributed by atoms with E-state index in [2.05, 4.69) is 10.6 Å². The van der Waals surface area contributed by atoms with Crippen LogP contribution in [0.3, 0.4) is 0 Å². The minimum Gasteiger partial charge on any atom is -0.493 e. The first-order chi connectivity index (χ1) is 16.0. The van der Waals surface area contributed by atoms with Crippen molar-refractivity contribution in [2.24, 2.45) is 5.92 Å². The van der Waals surface area contributed by atoms with Crippen LogP contribution < -0.4 is 20.1 Å². The van der Waals surface area contributed by atoms with Gasteiger partial charge in [0.1, 0.15) is 0 Å². The number of carbonyl (C=O) groups excluding carboxylic acids is 1. The van der Waals surface area contributed by atoms with Gasteiger partial charge in [0.05, 0.1) is 37.0 Å². The van der Waals surface area contributed by atoms with Crippen LogP contribution in [0.4, 0.5) is 5.69 Å². The molecule has 2 aromatic heterocycles. The lowest BCUT2D eigenvalue weighted by molar-refractivity contribution is -0.125. The Balaban J connectivity index is 1.53. The van der Waals surface area contributed by atoms with Gasteiger partial charge < -0.3 is 20.1 Å². The van der Waals surface area contributed by atoms with Crippen molar-refractivity contribution in [2.75, 3.05) is 32.6 Å². The first kappa shape index (κ1) is 22.9. The molecule has 33 heavy (non-hydrogen) atoms.